The Morgan fingerprint density at radius 2 is 1.80 bits per heavy atom. The molecule has 2 aliphatic rings. The quantitative estimate of drug-likeness (QED) is 0.779. The van der Waals surface area contributed by atoms with Crippen molar-refractivity contribution in [2.75, 3.05) is 20.1 Å². The fourth-order valence-electron chi connectivity index (χ4n) is 4.07. The largest absolute Gasteiger partial charge is 0.355 e. The Morgan fingerprint density at radius 1 is 1.25 bits per heavy atom. The minimum absolute atomic E-state index is 0.163. The first-order valence-electron chi connectivity index (χ1n) is 8.26. The summed E-state index contributed by atoms with van der Waals surface area (Å²) in [6, 6.07) is 1.49. The van der Waals surface area contributed by atoms with Crippen molar-refractivity contribution in [3.63, 3.8) is 0 Å². The van der Waals surface area contributed by atoms with Gasteiger partial charge >= 0.3 is 0 Å². The average molecular weight is 281 g/mol. The third kappa shape index (κ3) is 2.86. The molecule has 4 heteroatoms. The van der Waals surface area contributed by atoms with E-state index in [-0.39, 0.29) is 11.3 Å². The number of piperidine rings is 1. The van der Waals surface area contributed by atoms with Crippen LogP contribution in [0, 0.1) is 11.3 Å². The maximum absolute atomic E-state index is 12.4. The molecule has 2 fully saturated rings. The lowest BCUT2D eigenvalue weighted by atomic mass is 9.81. The van der Waals surface area contributed by atoms with Gasteiger partial charge < -0.3 is 16.0 Å². The number of rotatable bonds is 6. The zero-order valence-corrected chi connectivity index (χ0v) is 13.3. The smallest absolute Gasteiger partial charge is 0.227 e. The topological polar surface area (TPSA) is 58.4 Å². The second kappa shape index (κ2) is 6.44. The molecule has 0 radical (unpaired) electrons. The highest BCUT2D eigenvalue weighted by Crippen LogP contribution is 2.37. The van der Waals surface area contributed by atoms with E-state index < -0.39 is 0 Å². The highest BCUT2D eigenvalue weighted by atomic mass is 16.2. The predicted octanol–water partition coefficient (Wildman–Crippen LogP) is 1.74. The first-order valence-corrected chi connectivity index (χ1v) is 8.26. The highest BCUT2D eigenvalue weighted by Gasteiger charge is 2.39. The van der Waals surface area contributed by atoms with E-state index in [1.165, 1.54) is 25.7 Å². The third-order valence-electron chi connectivity index (χ3n) is 5.97. The second-order valence-corrected chi connectivity index (χ2v) is 6.79. The fraction of sp³-hybridized carbons (Fsp3) is 0.938. The molecule has 4 nitrogen and oxygen atoms in total. The minimum atomic E-state index is -0.357. The van der Waals surface area contributed by atoms with Crippen LogP contribution in [-0.2, 0) is 4.79 Å². The number of hydrogen-bond donors (Lipinski definition) is 2. The van der Waals surface area contributed by atoms with E-state index in [9.17, 15) is 4.79 Å². The van der Waals surface area contributed by atoms with Crippen LogP contribution in [0.2, 0.25) is 0 Å². The van der Waals surface area contributed by atoms with Crippen molar-refractivity contribution in [1.29, 1.82) is 0 Å². The van der Waals surface area contributed by atoms with E-state index in [0.29, 0.717) is 12.5 Å². The van der Waals surface area contributed by atoms with Gasteiger partial charge in [-0.1, -0.05) is 13.8 Å². The summed E-state index contributed by atoms with van der Waals surface area (Å²) in [6.45, 7) is 5.41. The van der Waals surface area contributed by atoms with Gasteiger partial charge in [0.2, 0.25) is 5.91 Å². The Kier molecular flexibility index (Phi) is 5.08. The maximum atomic E-state index is 12.4. The van der Waals surface area contributed by atoms with Crippen LogP contribution in [0.15, 0.2) is 0 Å². The van der Waals surface area contributed by atoms with Crippen LogP contribution in [0.5, 0.6) is 0 Å². The number of carbonyl (C=O) groups excluding carboxylic acids is 1. The van der Waals surface area contributed by atoms with Crippen molar-refractivity contribution in [1.82, 2.24) is 10.2 Å². The molecule has 2 aliphatic heterocycles. The van der Waals surface area contributed by atoms with Gasteiger partial charge in [-0.05, 0) is 51.5 Å². The molecule has 2 heterocycles. The predicted molar refractivity (Wildman–Crippen MR) is 82.4 cm³/mol. The molecule has 2 atom stereocenters. The summed E-state index contributed by atoms with van der Waals surface area (Å²) in [4.78, 5) is 15.0. The molecule has 116 valence electrons. The summed E-state index contributed by atoms with van der Waals surface area (Å²) >= 11 is 0. The second-order valence-electron chi connectivity index (χ2n) is 6.79. The van der Waals surface area contributed by atoms with Crippen LogP contribution >= 0.6 is 0 Å². The number of nitrogens with zero attached hydrogens (tertiary/aromatic N) is 1. The van der Waals surface area contributed by atoms with Crippen molar-refractivity contribution in [2.45, 2.75) is 64.5 Å². The minimum Gasteiger partial charge on any atom is -0.355 e. The van der Waals surface area contributed by atoms with Gasteiger partial charge in [0.1, 0.15) is 0 Å². The Morgan fingerprint density at radius 3 is 2.25 bits per heavy atom. The molecule has 20 heavy (non-hydrogen) atoms. The fourth-order valence-corrected chi connectivity index (χ4v) is 4.07. The molecular weight excluding hydrogens is 250 g/mol. The molecule has 0 aromatic rings. The molecule has 2 saturated heterocycles. The van der Waals surface area contributed by atoms with E-state index in [1.54, 1.807) is 0 Å². The summed E-state index contributed by atoms with van der Waals surface area (Å²) in [5.74, 6) is 0.813. The maximum Gasteiger partial charge on any atom is 0.227 e. The first-order chi connectivity index (χ1) is 9.56. The van der Waals surface area contributed by atoms with E-state index in [1.807, 2.05) is 0 Å². The van der Waals surface area contributed by atoms with Gasteiger partial charge in [0, 0.05) is 25.2 Å². The van der Waals surface area contributed by atoms with Crippen molar-refractivity contribution in [3.05, 3.63) is 0 Å². The van der Waals surface area contributed by atoms with Crippen LogP contribution < -0.4 is 11.1 Å². The molecule has 2 rings (SSSR count). The van der Waals surface area contributed by atoms with Gasteiger partial charge in [-0.25, -0.2) is 0 Å². The van der Waals surface area contributed by atoms with Crippen molar-refractivity contribution >= 4 is 5.91 Å². The lowest BCUT2D eigenvalue weighted by molar-refractivity contribution is -0.131. The van der Waals surface area contributed by atoms with Crippen LogP contribution in [0.25, 0.3) is 0 Å². The van der Waals surface area contributed by atoms with Gasteiger partial charge in [-0.2, -0.15) is 0 Å². The molecule has 1 amide bonds. The lowest BCUT2D eigenvalue weighted by Crippen LogP contribution is -2.48. The van der Waals surface area contributed by atoms with Crippen LogP contribution in [0.1, 0.15) is 52.4 Å². The monoisotopic (exact) mass is 281 g/mol. The van der Waals surface area contributed by atoms with Gasteiger partial charge in [-0.3, -0.25) is 4.79 Å². The Labute approximate surface area is 123 Å². The summed E-state index contributed by atoms with van der Waals surface area (Å²) in [5, 5.41) is 3.19. The van der Waals surface area contributed by atoms with Crippen molar-refractivity contribution in [2.24, 2.45) is 17.1 Å². The molecule has 0 spiro atoms. The van der Waals surface area contributed by atoms with Gasteiger partial charge in [-0.15, -0.1) is 0 Å². The van der Waals surface area contributed by atoms with E-state index >= 15 is 0 Å². The zero-order chi connectivity index (χ0) is 14.8. The lowest BCUT2D eigenvalue weighted by Gasteiger charge is -2.37. The summed E-state index contributed by atoms with van der Waals surface area (Å²) in [5.41, 5.74) is 5.49. The molecule has 2 unspecified atom stereocenters. The number of hydrogen-bond acceptors (Lipinski definition) is 3. The molecule has 0 aromatic carbocycles. The number of nitrogens with one attached hydrogen (secondary N) is 1. The standard InChI is InChI=1S/C16H31N3O/c1-4-16(5-2,11-17)15(20)18-10-12-8-13-6-7-14(9-12)19(13)3/h12-14H,4-11,17H2,1-3H3,(H,18,20). The number of fused-ring (bicyclic) bond motifs is 2. The Hall–Kier alpha value is -0.610. The number of nitrogens with two attached hydrogens (primary N) is 1. The molecule has 2 bridgehead atoms. The molecule has 0 aromatic heterocycles. The van der Waals surface area contributed by atoms with Gasteiger partial charge in [0.15, 0.2) is 0 Å². The SMILES string of the molecule is CCC(CC)(CN)C(=O)NCC1CC2CCC(C1)N2C. The number of carbonyl (C=O) groups is 1. The van der Waals surface area contributed by atoms with Gasteiger partial charge in [0.05, 0.1) is 5.41 Å². The Bertz CT molecular complexity index is 318. The molecule has 3 N–H and O–H groups in total. The molecule has 0 aliphatic carbocycles. The zero-order valence-electron chi connectivity index (χ0n) is 13.3. The third-order valence-corrected chi connectivity index (χ3v) is 5.97. The van der Waals surface area contributed by atoms with Crippen LogP contribution in [0.4, 0.5) is 0 Å². The molecule has 0 saturated carbocycles. The highest BCUT2D eigenvalue weighted by molar-refractivity contribution is 5.82. The van der Waals surface area contributed by atoms with Crippen LogP contribution in [-0.4, -0.2) is 43.0 Å². The van der Waals surface area contributed by atoms with E-state index in [0.717, 1.165) is 31.5 Å². The Balaban J connectivity index is 1.85. The van der Waals surface area contributed by atoms with Crippen LogP contribution in [0.3, 0.4) is 0 Å². The normalized spacial score (nSPS) is 30.5. The molecular formula is C16H31N3O. The summed E-state index contributed by atoms with van der Waals surface area (Å²) in [6.07, 6.45) is 6.79. The summed E-state index contributed by atoms with van der Waals surface area (Å²) in [7, 11) is 2.25. The van der Waals surface area contributed by atoms with Crippen molar-refractivity contribution in [3.8, 4) is 0 Å². The number of amides is 1. The first kappa shape index (κ1) is 15.8. The van der Waals surface area contributed by atoms with Crippen molar-refractivity contribution < 1.29 is 4.79 Å². The van der Waals surface area contributed by atoms with Gasteiger partial charge in [0.25, 0.3) is 0 Å². The van der Waals surface area contributed by atoms with E-state index in [2.05, 4.69) is 31.1 Å². The average Bonchev–Trinajstić information content (AvgIpc) is 2.69. The van der Waals surface area contributed by atoms with E-state index in [4.69, 9.17) is 5.73 Å². The summed E-state index contributed by atoms with van der Waals surface area (Å²) < 4.78 is 0.